The molecule has 1 aromatic carbocycles. The summed E-state index contributed by atoms with van der Waals surface area (Å²) in [7, 11) is 0. The number of para-hydroxylation sites is 1. The van der Waals surface area contributed by atoms with Crippen LogP contribution in [0.5, 0.6) is 0 Å². The first-order valence-corrected chi connectivity index (χ1v) is 5.88. The maximum Gasteiger partial charge on any atom is 0.0499 e. The molecule has 0 atom stereocenters. The van der Waals surface area contributed by atoms with E-state index in [1.165, 1.54) is 16.5 Å². The van der Waals surface area contributed by atoms with Crippen LogP contribution in [0.15, 0.2) is 30.5 Å². The number of aromatic amines is 1. The van der Waals surface area contributed by atoms with Crippen molar-refractivity contribution in [3.8, 4) is 0 Å². The summed E-state index contributed by atoms with van der Waals surface area (Å²) in [6.45, 7) is 6.11. The third kappa shape index (κ3) is 2.62. The van der Waals surface area contributed by atoms with E-state index in [-0.39, 0.29) is 0 Å². The van der Waals surface area contributed by atoms with E-state index in [9.17, 15) is 0 Å². The molecule has 0 bridgehead atoms. The van der Waals surface area contributed by atoms with Gasteiger partial charge >= 0.3 is 0 Å². The van der Waals surface area contributed by atoms with Crippen molar-refractivity contribution in [3.05, 3.63) is 36.0 Å². The highest BCUT2D eigenvalue weighted by molar-refractivity contribution is 5.82. The molecule has 3 nitrogen and oxygen atoms in total. The molecule has 16 heavy (non-hydrogen) atoms. The van der Waals surface area contributed by atoms with Crippen LogP contribution in [0.4, 0.5) is 0 Å². The van der Waals surface area contributed by atoms with Gasteiger partial charge in [-0.25, -0.2) is 0 Å². The summed E-state index contributed by atoms with van der Waals surface area (Å²) < 4.78 is 0. The average Bonchev–Trinajstić information content (AvgIpc) is 2.77. The SMILES string of the molecule is CCNCCNCc1cccc2cc[nH]c12. The number of rotatable bonds is 6. The molecule has 3 heteroatoms. The van der Waals surface area contributed by atoms with Gasteiger partial charge in [0.1, 0.15) is 0 Å². The molecular formula is C13H19N3. The van der Waals surface area contributed by atoms with Gasteiger partial charge in [0.2, 0.25) is 0 Å². The standard InChI is InChI=1S/C13H19N3/c1-2-14-8-9-15-10-12-5-3-4-11-6-7-16-13(11)12/h3-7,14-16H,2,8-10H2,1H3. The fraction of sp³-hybridized carbons (Fsp3) is 0.385. The highest BCUT2D eigenvalue weighted by atomic mass is 14.9. The fourth-order valence-corrected chi connectivity index (χ4v) is 1.87. The van der Waals surface area contributed by atoms with Crippen molar-refractivity contribution in [2.75, 3.05) is 19.6 Å². The van der Waals surface area contributed by atoms with Crippen LogP contribution in [0.25, 0.3) is 10.9 Å². The molecule has 1 heterocycles. The molecule has 0 saturated carbocycles. The number of likely N-dealkylation sites (N-methyl/N-ethyl adjacent to an activating group) is 1. The highest BCUT2D eigenvalue weighted by Gasteiger charge is 2.00. The van der Waals surface area contributed by atoms with Gasteiger partial charge in [-0.05, 0) is 23.6 Å². The molecule has 2 aromatic rings. The first-order chi connectivity index (χ1) is 7.92. The number of nitrogens with one attached hydrogen (secondary N) is 3. The van der Waals surface area contributed by atoms with Gasteiger partial charge in [0, 0.05) is 31.3 Å². The molecule has 0 unspecified atom stereocenters. The average molecular weight is 217 g/mol. The second-order valence-electron chi connectivity index (χ2n) is 3.89. The molecular weight excluding hydrogens is 198 g/mol. The summed E-state index contributed by atoms with van der Waals surface area (Å²) in [5, 5.41) is 8.02. The van der Waals surface area contributed by atoms with E-state index in [2.05, 4.69) is 46.8 Å². The Kier molecular flexibility index (Phi) is 3.97. The lowest BCUT2D eigenvalue weighted by Gasteiger charge is -2.06. The molecule has 0 radical (unpaired) electrons. The minimum absolute atomic E-state index is 0.920. The van der Waals surface area contributed by atoms with E-state index in [4.69, 9.17) is 0 Å². The lowest BCUT2D eigenvalue weighted by Crippen LogP contribution is -2.26. The summed E-state index contributed by atoms with van der Waals surface area (Å²) in [6, 6.07) is 8.52. The fourth-order valence-electron chi connectivity index (χ4n) is 1.87. The summed E-state index contributed by atoms with van der Waals surface area (Å²) in [5.74, 6) is 0. The van der Waals surface area contributed by atoms with Gasteiger partial charge in [0.25, 0.3) is 0 Å². The Morgan fingerprint density at radius 3 is 2.88 bits per heavy atom. The van der Waals surface area contributed by atoms with Gasteiger partial charge in [0.15, 0.2) is 0 Å². The molecule has 0 saturated heterocycles. The van der Waals surface area contributed by atoms with E-state index < -0.39 is 0 Å². The zero-order valence-corrected chi connectivity index (χ0v) is 9.72. The lowest BCUT2D eigenvalue weighted by molar-refractivity contribution is 0.626. The Labute approximate surface area is 96.2 Å². The van der Waals surface area contributed by atoms with Crippen molar-refractivity contribution in [1.29, 1.82) is 0 Å². The first kappa shape index (κ1) is 11.2. The number of benzene rings is 1. The van der Waals surface area contributed by atoms with E-state index in [0.29, 0.717) is 0 Å². The number of hydrogen-bond acceptors (Lipinski definition) is 2. The zero-order valence-electron chi connectivity index (χ0n) is 9.72. The van der Waals surface area contributed by atoms with Crippen LogP contribution < -0.4 is 10.6 Å². The Morgan fingerprint density at radius 2 is 2.00 bits per heavy atom. The summed E-state index contributed by atoms with van der Waals surface area (Å²) >= 11 is 0. The predicted octanol–water partition coefficient (Wildman–Crippen LogP) is 1.87. The summed E-state index contributed by atoms with van der Waals surface area (Å²) in [4.78, 5) is 3.28. The van der Waals surface area contributed by atoms with Crippen molar-refractivity contribution < 1.29 is 0 Å². The van der Waals surface area contributed by atoms with Crippen molar-refractivity contribution in [2.45, 2.75) is 13.5 Å². The van der Waals surface area contributed by atoms with E-state index in [0.717, 1.165) is 26.2 Å². The van der Waals surface area contributed by atoms with Crippen LogP contribution in [-0.2, 0) is 6.54 Å². The molecule has 0 spiro atoms. The normalized spacial score (nSPS) is 11.1. The van der Waals surface area contributed by atoms with Crippen molar-refractivity contribution in [1.82, 2.24) is 15.6 Å². The quantitative estimate of drug-likeness (QED) is 0.646. The minimum Gasteiger partial charge on any atom is -0.361 e. The van der Waals surface area contributed by atoms with Gasteiger partial charge in [-0.2, -0.15) is 0 Å². The van der Waals surface area contributed by atoms with Gasteiger partial charge < -0.3 is 15.6 Å². The third-order valence-corrected chi connectivity index (χ3v) is 2.72. The molecule has 3 N–H and O–H groups in total. The molecule has 86 valence electrons. The van der Waals surface area contributed by atoms with Crippen LogP contribution in [-0.4, -0.2) is 24.6 Å². The zero-order chi connectivity index (χ0) is 11.2. The summed E-state index contributed by atoms with van der Waals surface area (Å²) in [5.41, 5.74) is 2.58. The summed E-state index contributed by atoms with van der Waals surface area (Å²) in [6.07, 6.45) is 1.99. The topological polar surface area (TPSA) is 39.8 Å². The highest BCUT2D eigenvalue weighted by Crippen LogP contribution is 2.16. The predicted molar refractivity (Wildman–Crippen MR) is 68.5 cm³/mol. The second-order valence-corrected chi connectivity index (χ2v) is 3.89. The Hall–Kier alpha value is -1.32. The van der Waals surface area contributed by atoms with E-state index in [1.807, 2.05) is 6.20 Å². The maximum atomic E-state index is 3.44. The maximum absolute atomic E-state index is 3.44. The van der Waals surface area contributed by atoms with Crippen molar-refractivity contribution in [2.24, 2.45) is 0 Å². The smallest absolute Gasteiger partial charge is 0.0499 e. The number of hydrogen-bond donors (Lipinski definition) is 3. The second kappa shape index (κ2) is 5.68. The van der Waals surface area contributed by atoms with Gasteiger partial charge in [-0.15, -0.1) is 0 Å². The molecule has 0 aliphatic rings. The molecule has 2 rings (SSSR count). The van der Waals surface area contributed by atoms with Crippen LogP contribution in [0.3, 0.4) is 0 Å². The molecule has 0 amide bonds. The molecule has 0 aliphatic heterocycles. The largest absolute Gasteiger partial charge is 0.361 e. The Balaban J connectivity index is 1.91. The minimum atomic E-state index is 0.920. The van der Waals surface area contributed by atoms with Crippen LogP contribution in [0, 0.1) is 0 Å². The van der Waals surface area contributed by atoms with Crippen molar-refractivity contribution >= 4 is 10.9 Å². The van der Waals surface area contributed by atoms with Gasteiger partial charge in [-0.3, -0.25) is 0 Å². The Bertz CT molecular complexity index is 433. The Morgan fingerprint density at radius 1 is 1.12 bits per heavy atom. The van der Waals surface area contributed by atoms with E-state index in [1.54, 1.807) is 0 Å². The molecule has 0 aliphatic carbocycles. The van der Waals surface area contributed by atoms with Crippen molar-refractivity contribution in [3.63, 3.8) is 0 Å². The number of fused-ring (bicyclic) bond motifs is 1. The van der Waals surface area contributed by atoms with Gasteiger partial charge in [-0.1, -0.05) is 25.1 Å². The van der Waals surface area contributed by atoms with Gasteiger partial charge in [0.05, 0.1) is 0 Å². The number of aromatic nitrogens is 1. The number of H-pyrrole nitrogens is 1. The van der Waals surface area contributed by atoms with Crippen LogP contribution in [0.1, 0.15) is 12.5 Å². The monoisotopic (exact) mass is 217 g/mol. The van der Waals surface area contributed by atoms with Crippen LogP contribution >= 0.6 is 0 Å². The first-order valence-electron chi connectivity index (χ1n) is 5.88. The molecule has 0 fully saturated rings. The molecule has 1 aromatic heterocycles. The lowest BCUT2D eigenvalue weighted by atomic mass is 10.1. The van der Waals surface area contributed by atoms with Crippen LogP contribution in [0.2, 0.25) is 0 Å². The third-order valence-electron chi connectivity index (χ3n) is 2.72. The van der Waals surface area contributed by atoms with E-state index >= 15 is 0 Å².